The fourth-order valence-corrected chi connectivity index (χ4v) is 1.20. The Bertz CT molecular complexity index is 343. The van der Waals surface area contributed by atoms with Crippen LogP contribution in [0.5, 0.6) is 11.5 Å². The van der Waals surface area contributed by atoms with Crippen LogP contribution >= 0.6 is 0 Å². The van der Waals surface area contributed by atoms with Gasteiger partial charge in [-0.15, -0.1) is 0 Å². The first kappa shape index (κ1) is 9.58. The summed E-state index contributed by atoms with van der Waals surface area (Å²) in [5, 5.41) is 9.61. The fourth-order valence-electron chi connectivity index (χ4n) is 1.20. The first-order valence-electron chi connectivity index (χ1n) is 3.94. The van der Waals surface area contributed by atoms with E-state index < -0.39 is 0 Å². The number of methoxy groups -OCH3 is 1. The van der Waals surface area contributed by atoms with Gasteiger partial charge >= 0.3 is 0 Å². The lowest BCUT2D eigenvalue weighted by atomic mass is 10.0. The molecule has 0 atom stereocenters. The molecule has 0 radical (unpaired) electrons. The second-order valence-corrected chi connectivity index (χ2v) is 2.91. The number of phenolic OH excluding ortho intramolecular Hbond substituents is 1. The van der Waals surface area contributed by atoms with Gasteiger partial charge in [0.25, 0.3) is 0 Å². The second-order valence-electron chi connectivity index (χ2n) is 2.91. The SMILES string of the molecule is COc1c(C=O)cc(C)c(C)c1O. The minimum atomic E-state index is 0.0459. The van der Waals surface area contributed by atoms with E-state index in [9.17, 15) is 9.90 Å². The molecule has 13 heavy (non-hydrogen) atoms. The molecule has 0 saturated carbocycles. The van der Waals surface area contributed by atoms with Gasteiger partial charge in [-0.25, -0.2) is 0 Å². The number of aldehydes is 1. The van der Waals surface area contributed by atoms with E-state index >= 15 is 0 Å². The molecule has 0 bridgehead atoms. The van der Waals surface area contributed by atoms with Crippen LogP contribution in [0.4, 0.5) is 0 Å². The third kappa shape index (κ3) is 1.49. The Balaban J connectivity index is 3.47. The highest BCUT2D eigenvalue weighted by Gasteiger charge is 2.12. The van der Waals surface area contributed by atoms with E-state index in [1.54, 1.807) is 13.0 Å². The summed E-state index contributed by atoms with van der Waals surface area (Å²) in [7, 11) is 1.43. The summed E-state index contributed by atoms with van der Waals surface area (Å²) in [5.41, 5.74) is 1.99. The molecule has 0 heterocycles. The highest BCUT2D eigenvalue weighted by molar-refractivity contribution is 5.82. The number of carbonyl (C=O) groups is 1. The summed E-state index contributed by atoms with van der Waals surface area (Å²) in [4.78, 5) is 10.6. The summed E-state index contributed by atoms with van der Waals surface area (Å²) in [6, 6.07) is 1.70. The Labute approximate surface area is 77.0 Å². The summed E-state index contributed by atoms with van der Waals surface area (Å²) in [5.74, 6) is 0.294. The third-order valence-electron chi connectivity index (χ3n) is 2.13. The molecule has 1 rings (SSSR count). The van der Waals surface area contributed by atoms with Crippen LogP contribution < -0.4 is 4.74 Å². The van der Waals surface area contributed by atoms with E-state index in [2.05, 4.69) is 0 Å². The summed E-state index contributed by atoms with van der Waals surface area (Å²) < 4.78 is 4.92. The maximum absolute atomic E-state index is 10.6. The van der Waals surface area contributed by atoms with Crippen molar-refractivity contribution >= 4 is 6.29 Å². The van der Waals surface area contributed by atoms with Gasteiger partial charge in [0, 0.05) is 0 Å². The maximum atomic E-state index is 10.6. The Morgan fingerprint density at radius 3 is 2.54 bits per heavy atom. The molecule has 0 spiro atoms. The molecule has 1 aromatic rings. The molecule has 0 amide bonds. The molecule has 1 N–H and O–H groups in total. The molecule has 70 valence electrons. The topological polar surface area (TPSA) is 46.5 Å². The van der Waals surface area contributed by atoms with E-state index in [1.807, 2.05) is 6.92 Å². The predicted octanol–water partition coefficient (Wildman–Crippen LogP) is 1.83. The number of phenols is 1. The smallest absolute Gasteiger partial charge is 0.171 e. The minimum absolute atomic E-state index is 0.0459. The van der Waals surface area contributed by atoms with Crippen molar-refractivity contribution in [3.05, 3.63) is 22.8 Å². The fraction of sp³-hybridized carbons (Fsp3) is 0.300. The zero-order valence-corrected chi connectivity index (χ0v) is 7.92. The number of aromatic hydroxyl groups is 1. The Kier molecular flexibility index (Phi) is 2.56. The lowest BCUT2D eigenvalue weighted by Gasteiger charge is -2.10. The van der Waals surface area contributed by atoms with E-state index in [0.29, 0.717) is 11.8 Å². The monoisotopic (exact) mass is 180 g/mol. The van der Waals surface area contributed by atoms with Gasteiger partial charge in [0.05, 0.1) is 12.7 Å². The Morgan fingerprint density at radius 1 is 1.46 bits per heavy atom. The van der Waals surface area contributed by atoms with Crippen LogP contribution in [-0.2, 0) is 0 Å². The summed E-state index contributed by atoms with van der Waals surface area (Å²) in [6.45, 7) is 3.61. The average molecular weight is 180 g/mol. The maximum Gasteiger partial charge on any atom is 0.171 e. The molecule has 0 saturated heterocycles. The number of hydrogen-bond donors (Lipinski definition) is 1. The molecule has 0 aliphatic rings. The van der Waals surface area contributed by atoms with Gasteiger partial charge in [-0.2, -0.15) is 0 Å². The molecular weight excluding hydrogens is 168 g/mol. The van der Waals surface area contributed by atoms with Crippen LogP contribution in [0.25, 0.3) is 0 Å². The van der Waals surface area contributed by atoms with E-state index in [-0.39, 0.29) is 11.5 Å². The minimum Gasteiger partial charge on any atom is -0.504 e. The Hall–Kier alpha value is -1.51. The van der Waals surface area contributed by atoms with E-state index in [4.69, 9.17) is 4.74 Å². The first-order chi connectivity index (χ1) is 6.11. The van der Waals surface area contributed by atoms with Crippen molar-refractivity contribution in [3.63, 3.8) is 0 Å². The van der Waals surface area contributed by atoms with E-state index in [0.717, 1.165) is 11.1 Å². The van der Waals surface area contributed by atoms with Crippen molar-refractivity contribution in [1.29, 1.82) is 0 Å². The highest BCUT2D eigenvalue weighted by Crippen LogP contribution is 2.34. The van der Waals surface area contributed by atoms with Gasteiger partial charge < -0.3 is 9.84 Å². The van der Waals surface area contributed by atoms with Crippen LogP contribution in [-0.4, -0.2) is 18.5 Å². The van der Waals surface area contributed by atoms with Crippen LogP contribution in [0.1, 0.15) is 21.5 Å². The first-order valence-corrected chi connectivity index (χ1v) is 3.94. The third-order valence-corrected chi connectivity index (χ3v) is 2.13. The van der Waals surface area contributed by atoms with Crippen molar-refractivity contribution in [3.8, 4) is 11.5 Å². The number of rotatable bonds is 2. The van der Waals surface area contributed by atoms with Crippen molar-refractivity contribution in [2.75, 3.05) is 7.11 Å². The number of benzene rings is 1. The van der Waals surface area contributed by atoms with Gasteiger partial charge in [-0.05, 0) is 31.0 Å². The zero-order valence-electron chi connectivity index (χ0n) is 7.92. The zero-order chi connectivity index (χ0) is 10.0. The average Bonchev–Trinajstić information content (AvgIpc) is 2.13. The lowest BCUT2D eigenvalue weighted by molar-refractivity contribution is 0.112. The van der Waals surface area contributed by atoms with Gasteiger partial charge in [0.1, 0.15) is 0 Å². The Morgan fingerprint density at radius 2 is 2.08 bits per heavy atom. The molecule has 3 nitrogen and oxygen atoms in total. The quantitative estimate of drug-likeness (QED) is 0.706. The molecular formula is C10H12O3. The summed E-state index contributed by atoms with van der Waals surface area (Å²) in [6.07, 6.45) is 0.672. The van der Waals surface area contributed by atoms with Crippen LogP contribution in [0.3, 0.4) is 0 Å². The van der Waals surface area contributed by atoms with Crippen molar-refractivity contribution in [2.45, 2.75) is 13.8 Å². The number of hydrogen-bond acceptors (Lipinski definition) is 3. The largest absolute Gasteiger partial charge is 0.504 e. The molecule has 3 heteroatoms. The molecule has 0 aliphatic heterocycles. The van der Waals surface area contributed by atoms with Gasteiger partial charge in [-0.3, -0.25) is 4.79 Å². The molecule has 1 aromatic carbocycles. The summed E-state index contributed by atoms with van der Waals surface area (Å²) >= 11 is 0. The molecule has 0 unspecified atom stereocenters. The van der Waals surface area contributed by atoms with Crippen LogP contribution in [0, 0.1) is 13.8 Å². The van der Waals surface area contributed by atoms with Crippen LogP contribution in [0.2, 0.25) is 0 Å². The van der Waals surface area contributed by atoms with Crippen LogP contribution in [0.15, 0.2) is 6.07 Å². The predicted molar refractivity (Wildman–Crippen MR) is 49.5 cm³/mol. The molecule has 0 aromatic heterocycles. The second kappa shape index (κ2) is 3.47. The number of carbonyl (C=O) groups excluding carboxylic acids is 1. The van der Waals surface area contributed by atoms with Gasteiger partial charge in [0.15, 0.2) is 17.8 Å². The van der Waals surface area contributed by atoms with E-state index in [1.165, 1.54) is 7.11 Å². The van der Waals surface area contributed by atoms with Crippen molar-refractivity contribution < 1.29 is 14.6 Å². The van der Waals surface area contributed by atoms with Crippen molar-refractivity contribution in [1.82, 2.24) is 0 Å². The van der Waals surface area contributed by atoms with Crippen molar-refractivity contribution in [2.24, 2.45) is 0 Å². The number of ether oxygens (including phenoxy) is 1. The van der Waals surface area contributed by atoms with Gasteiger partial charge in [-0.1, -0.05) is 0 Å². The number of aryl methyl sites for hydroxylation is 1. The molecule has 0 fully saturated rings. The standard InChI is InChI=1S/C10H12O3/c1-6-4-8(5-11)10(13-3)9(12)7(6)2/h4-5,12H,1-3H3. The molecule has 0 aliphatic carbocycles. The van der Waals surface area contributed by atoms with Gasteiger partial charge in [0.2, 0.25) is 0 Å². The lowest BCUT2D eigenvalue weighted by Crippen LogP contribution is -1.94. The highest BCUT2D eigenvalue weighted by atomic mass is 16.5. The normalized spacial score (nSPS) is 9.77.